The normalized spacial score (nSPS) is 12.3. The molecule has 9 rings (SSSR count). The highest BCUT2D eigenvalue weighted by atomic mass is 15.1. The molecule has 0 aromatic heterocycles. The molecule has 0 unspecified atom stereocenters. The molecule has 0 bridgehead atoms. The Morgan fingerprint density at radius 3 is 0.879 bits per heavy atom. The van der Waals surface area contributed by atoms with Crippen molar-refractivity contribution in [2.45, 2.75) is 80.1 Å². The van der Waals surface area contributed by atoms with Crippen LogP contribution in [0.2, 0.25) is 0 Å². The molecule has 0 atom stereocenters. The fourth-order valence-corrected chi connectivity index (χ4v) is 8.99. The Bertz CT molecular complexity index is 2730. The summed E-state index contributed by atoms with van der Waals surface area (Å²) < 4.78 is 0. The number of anilines is 6. The van der Waals surface area contributed by atoms with Crippen LogP contribution in [0.5, 0.6) is 0 Å². The zero-order chi connectivity index (χ0) is 40.7. The molecule has 0 aliphatic carbocycles. The van der Waals surface area contributed by atoms with Gasteiger partial charge in [-0.25, -0.2) is 0 Å². The third-order valence-electron chi connectivity index (χ3n) is 12.0. The lowest BCUT2D eigenvalue weighted by Gasteiger charge is -2.31. The first-order valence-corrected chi connectivity index (χ1v) is 20.8. The summed E-state index contributed by atoms with van der Waals surface area (Å²) in [6.07, 6.45) is 0. The monoisotopic (exact) mass is 754 g/mol. The van der Waals surface area contributed by atoms with Gasteiger partial charge in [0, 0.05) is 33.5 Å². The molecule has 2 heteroatoms. The zero-order valence-corrected chi connectivity index (χ0v) is 35.8. The molecule has 288 valence electrons. The zero-order valence-electron chi connectivity index (χ0n) is 35.8. The first-order chi connectivity index (χ1) is 27.7. The van der Waals surface area contributed by atoms with Gasteiger partial charge in [-0.2, -0.15) is 0 Å². The lowest BCUT2D eigenvalue weighted by Crippen LogP contribution is -2.14. The van der Waals surface area contributed by atoms with E-state index in [1.807, 2.05) is 0 Å². The topological polar surface area (TPSA) is 6.48 Å². The lowest BCUT2D eigenvalue weighted by molar-refractivity contribution is 0.591. The Hall–Kier alpha value is -6.12. The van der Waals surface area contributed by atoms with E-state index in [4.69, 9.17) is 0 Å². The highest BCUT2D eigenvalue weighted by Crippen LogP contribution is 2.51. The van der Waals surface area contributed by atoms with Gasteiger partial charge >= 0.3 is 0 Å². The Morgan fingerprint density at radius 2 is 0.603 bits per heavy atom. The van der Waals surface area contributed by atoms with Crippen LogP contribution in [0.25, 0.3) is 43.1 Å². The molecule has 2 nitrogen and oxygen atoms in total. The van der Waals surface area contributed by atoms with Crippen LogP contribution in [0.3, 0.4) is 0 Å². The van der Waals surface area contributed by atoms with Crippen LogP contribution in [0.1, 0.15) is 74.9 Å². The smallest absolute Gasteiger partial charge is 0.0540 e. The van der Waals surface area contributed by atoms with Crippen LogP contribution in [0.15, 0.2) is 146 Å². The SMILES string of the molecule is Cc1cccc(N(c2cccc(C)c2)c2ccc3c4cc(C(C)(C)C)cc5c(N(c6cccc(C)c6)c6cccc(C)c6)ccc(c6cc(C(C)(C)C)cc2c36)c54)c1. The van der Waals surface area contributed by atoms with Gasteiger partial charge in [0.05, 0.1) is 11.4 Å². The van der Waals surface area contributed by atoms with Crippen molar-refractivity contribution in [2.24, 2.45) is 0 Å². The molecule has 0 saturated carbocycles. The molecular formula is C56H54N2. The van der Waals surface area contributed by atoms with Crippen molar-refractivity contribution in [1.29, 1.82) is 0 Å². The minimum absolute atomic E-state index is 0.0714. The van der Waals surface area contributed by atoms with E-state index in [0.29, 0.717) is 0 Å². The fourth-order valence-electron chi connectivity index (χ4n) is 8.99. The average Bonchev–Trinajstić information content (AvgIpc) is 3.17. The quantitative estimate of drug-likeness (QED) is 0.123. The first-order valence-electron chi connectivity index (χ1n) is 20.8. The summed E-state index contributed by atoms with van der Waals surface area (Å²) in [6.45, 7) is 22.8. The summed E-state index contributed by atoms with van der Waals surface area (Å²) in [7, 11) is 0. The predicted octanol–water partition coefficient (Wildman–Crippen LogP) is 16.5. The Morgan fingerprint density at radius 1 is 0.310 bits per heavy atom. The Balaban J connectivity index is 1.45. The fraction of sp³-hybridized carbons (Fsp3) is 0.214. The van der Waals surface area contributed by atoms with E-state index in [1.54, 1.807) is 0 Å². The van der Waals surface area contributed by atoms with Crippen LogP contribution in [-0.2, 0) is 10.8 Å². The minimum Gasteiger partial charge on any atom is -0.310 e. The van der Waals surface area contributed by atoms with E-state index in [9.17, 15) is 0 Å². The van der Waals surface area contributed by atoms with Crippen molar-refractivity contribution in [3.8, 4) is 0 Å². The van der Waals surface area contributed by atoms with Gasteiger partial charge in [0.25, 0.3) is 0 Å². The first kappa shape index (κ1) is 37.5. The Kier molecular flexibility index (Phi) is 8.89. The van der Waals surface area contributed by atoms with Crippen molar-refractivity contribution in [3.05, 3.63) is 179 Å². The van der Waals surface area contributed by atoms with E-state index in [0.717, 1.165) is 22.7 Å². The number of hydrogen-bond acceptors (Lipinski definition) is 2. The van der Waals surface area contributed by atoms with Crippen LogP contribution in [0, 0.1) is 27.7 Å². The summed E-state index contributed by atoms with van der Waals surface area (Å²) in [6, 6.07) is 55.2. The van der Waals surface area contributed by atoms with Gasteiger partial charge < -0.3 is 9.80 Å². The number of hydrogen-bond donors (Lipinski definition) is 0. The molecule has 0 amide bonds. The summed E-state index contributed by atoms with van der Waals surface area (Å²) >= 11 is 0. The van der Waals surface area contributed by atoms with Gasteiger partial charge in [0.1, 0.15) is 0 Å². The molecule has 0 fully saturated rings. The molecular weight excluding hydrogens is 701 g/mol. The molecule has 0 radical (unpaired) electrons. The molecule has 0 N–H and O–H groups in total. The van der Waals surface area contributed by atoms with Crippen LogP contribution in [-0.4, -0.2) is 0 Å². The summed E-state index contributed by atoms with van der Waals surface area (Å²) in [5.74, 6) is 0. The van der Waals surface area contributed by atoms with E-state index >= 15 is 0 Å². The molecule has 0 heterocycles. The standard InChI is InChI=1S/C56H54N2/c1-35-15-11-19-41(27-35)57(42-20-12-16-36(2)28-42)51-25-23-45-48-32-40(56(8,9)10)34-50-52(58(43-21-13-17-37(3)29-43)44-22-14-18-38(4)30-44)26-24-46(54(48)50)47-31-39(55(5,6)7)33-49(51)53(45)47/h11-34H,1-10H3. The van der Waals surface area contributed by atoms with Crippen molar-refractivity contribution in [3.63, 3.8) is 0 Å². The van der Waals surface area contributed by atoms with Crippen molar-refractivity contribution in [1.82, 2.24) is 0 Å². The van der Waals surface area contributed by atoms with Gasteiger partial charge in [-0.05, 0) is 189 Å². The van der Waals surface area contributed by atoms with Gasteiger partial charge in [0.2, 0.25) is 0 Å². The highest BCUT2D eigenvalue weighted by Gasteiger charge is 2.27. The maximum atomic E-state index is 2.49. The molecule has 0 saturated heterocycles. The highest BCUT2D eigenvalue weighted by molar-refractivity contribution is 6.35. The van der Waals surface area contributed by atoms with Crippen molar-refractivity contribution in [2.75, 3.05) is 9.80 Å². The van der Waals surface area contributed by atoms with Crippen LogP contribution < -0.4 is 9.80 Å². The van der Waals surface area contributed by atoms with Crippen LogP contribution >= 0.6 is 0 Å². The second-order valence-corrected chi connectivity index (χ2v) is 18.7. The molecule has 0 aliphatic rings. The van der Waals surface area contributed by atoms with Gasteiger partial charge in [-0.1, -0.05) is 102 Å². The van der Waals surface area contributed by atoms with Gasteiger partial charge in [-0.3, -0.25) is 0 Å². The van der Waals surface area contributed by atoms with Gasteiger partial charge in [-0.15, -0.1) is 0 Å². The minimum atomic E-state index is -0.0714. The number of aryl methyl sites for hydroxylation is 4. The maximum absolute atomic E-state index is 2.49. The Labute approximate surface area is 344 Å². The molecule has 0 spiro atoms. The number of nitrogens with zero attached hydrogens (tertiary/aromatic N) is 2. The largest absolute Gasteiger partial charge is 0.310 e. The third kappa shape index (κ3) is 6.45. The second-order valence-electron chi connectivity index (χ2n) is 18.7. The average molecular weight is 755 g/mol. The number of benzene rings is 9. The second kappa shape index (κ2) is 13.8. The van der Waals surface area contributed by atoms with Gasteiger partial charge in [0.15, 0.2) is 0 Å². The molecule has 0 aliphatic heterocycles. The van der Waals surface area contributed by atoms with Crippen molar-refractivity contribution >= 4 is 77.2 Å². The molecule has 58 heavy (non-hydrogen) atoms. The predicted molar refractivity (Wildman–Crippen MR) is 253 cm³/mol. The van der Waals surface area contributed by atoms with Crippen LogP contribution in [0.4, 0.5) is 34.1 Å². The number of fused-ring (bicyclic) bond motifs is 2. The lowest BCUT2D eigenvalue weighted by atomic mass is 9.79. The third-order valence-corrected chi connectivity index (χ3v) is 12.0. The van der Waals surface area contributed by atoms with E-state index in [1.165, 1.54) is 87.8 Å². The summed E-state index contributed by atoms with van der Waals surface area (Å²) in [4.78, 5) is 4.94. The maximum Gasteiger partial charge on any atom is 0.0540 e. The van der Waals surface area contributed by atoms with Crippen molar-refractivity contribution < 1.29 is 0 Å². The summed E-state index contributed by atoms with van der Waals surface area (Å²) in [5.41, 5.74) is 14.5. The van der Waals surface area contributed by atoms with E-state index in [2.05, 4.69) is 225 Å². The summed E-state index contributed by atoms with van der Waals surface area (Å²) in [5, 5.41) is 10.4. The number of rotatable bonds is 6. The molecule has 9 aromatic carbocycles. The van der Waals surface area contributed by atoms with E-state index in [-0.39, 0.29) is 10.8 Å². The van der Waals surface area contributed by atoms with E-state index < -0.39 is 0 Å². The molecule has 9 aromatic rings.